The van der Waals surface area contributed by atoms with Crippen LogP contribution in [-0.2, 0) is 26.0 Å². The van der Waals surface area contributed by atoms with Crippen molar-refractivity contribution < 1.29 is 41.2 Å². The van der Waals surface area contributed by atoms with Gasteiger partial charge in [-0.15, -0.1) is 0 Å². The smallest absolute Gasteiger partial charge is 0.374 e. The average molecular weight is 544 g/mol. The predicted octanol–water partition coefficient (Wildman–Crippen LogP) is 4.44. The van der Waals surface area contributed by atoms with Gasteiger partial charge in [0, 0.05) is 35.1 Å². The first-order chi connectivity index (χ1) is 17.1. The van der Waals surface area contributed by atoms with Crippen molar-refractivity contribution in [1.82, 2.24) is 10.2 Å². The number of benzene rings is 2. The van der Waals surface area contributed by atoms with Gasteiger partial charge in [0.2, 0.25) is 11.8 Å². The number of alkyl halides is 5. The van der Waals surface area contributed by atoms with E-state index < -0.39 is 53.0 Å². The highest BCUT2D eigenvalue weighted by atomic mass is 35.5. The number of nitrogens with zero attached hydrogens (tertiary/aromatic N) is 2. The number of carbonyl (C=O) groups excluding carboxylic acids is 3. The molecular formula is C24H19ClF5N3O4. The van der Waals surface area contributed by atoms with Crippen molar-refractivity contribution in [3.8, 4) is 0 Å². The number of halogens is 6. The number of nitrogens with one attached hydrogen (secondary N) is 1. The Bertz CT molecular complexity index is 1320. The molecule has 0 spiro atoms. The van der Waals surface area contributed by atoms with Crippen molar-refractivity contribution in [2.45, 2.75) is 38.0 Å². The number of carbonyl (C=O) groups is 3. The minimum atomic E-state index is -5.05. The maximum absolute atomic E-state index is 14.3. The van der Waals surface area contributed by atoms with Crippen molar-refractivity contribution in [3.63, 3.8) is 0 Å². The van der Waals surface area contributed by atoms with Gasteiger partial charge in [-0.2, -0.15) is 13.2 Å². The highest BCUT2D eigenvalue weighted by Crippen LogP contribution is 2.50. The van der Waals surface area contributed by atoms with Crippen LogP contribution in [0.5, 0.6) is 0 Å². The van der Waals surface area contributed by atoms with Crippen LogP contribution in [0, 0.1) is 6.92 Å². The maximum atomic E-state index is 14.3. The summed E-state index contributed by atoms with van der Waals surface area (Å²) in [5, 5.41) is 5.38. The van der Waals surface area contributed by atoms with Crippen molar-refractivity contribution in [3.05, 3.63) is 69.2 Å². The normalized spacial score (nSPS) is 20.4. The second-order valence-corrected chi connectivity index (χ2v) is 9.35. The fraction of sp³-hybridized carbons (Fsp3) is 0.333. The summed E-state index contributed by atoms with van der Waals surface area (Å²) in [6, 6.07) is 6.59. The number of aryl methyl sites for hydroxylation is 1. The van der Waals surface area contributed by atoms with Gasteiger partial charge in [-0.25, -0.2) is 8.78 Å². The first-order valence-corrected chi connectivity index (χ1v) is 11.2. The van der Waals surface area contributed by atoms with Gasteiger partial charge in [0.05, 0.1) is 5.71 Å². The third kappa shape index (κ3) is 5.02. The van der Waals surface area contributed by atoms with Crippen LogP contribution in [-0.4, -0.2) is 47.6 Å². The maximum Gasteiger partial charge on any atom is 0.435 e. The fourth-order valence-electron chi connectivity index (χ4n) is 4.17. The molecule has 0 radical (unpaired) electrons. The van der Waals surface area contributed by atoms with Crippen molar-refractivity contribution >= 4 is 35.0 Å². The first-order valence-electron chi connectivity index (χ1n) is 10.8. The van der Waals surface area contributed by atoms with Gasteiger partial charge in [0.15, 0.2) is 0 Å². The van der Waals surface area contributed by atoms with E-state index in [0.717, 1.165) is 17.0 Å². The molecule has 1 N–H and O–H groups in total. The van der Waals surface area contributed by atoms with E-state index in [9.17, 15) is 36.3 Å². The minimum absolute atomic E-state index is 0.128. The van der Waals surface area contributed by atoms with Gasteiger partial charge in [0.1, 0.15) is 13.1 Å². The van der Waals surface area contributed by atoms with E-state index in [4.69, 9.17) is 16.4 Å². The van der Waals surface area contributed by atoms with Crippen LogP contribution in [0.4, 0.5) is 22.0 Å². The van der Waals surface area contributed by atoms with Crippen LogP contribution in [0.3, 0.4) is 0 Å². The molecule has 3 amide bonds. The summed E-state index contributed by atoms with van der Waals surface area (Å²) in [6.07, 6.45) is -5.88. The molecule has 7 nitrogen and oxygen atoms in total. The van der Waals surface area contributed by atoms with Crippen LogP contribution < -0.4 is 5.32 Å². The second-order valence-electron chi connectivity index (χ2n) is 8.91. The Labute approximate surface area is 212 Å². The zero-order valence-corrected chi connectivity index (χ0v) is 20.1. The Balaban J connectivity index is 1.65. The van der Waals surface area contributed by atoms with Crippen molar-refractivity contribution in [2.75, 3.05) is 13.1 Å². The molecule has 1 atom stereocenters. The Hall–Kier alpha value is -3.54. The molecular weight excluding hydrogens is 525 g/mol. The summed E-state index contributed by atoms with van der Waals surface area (Å²) in [5.41, 5.74) is -3.83. The summed E-state index contributed by atoms with van der Waals surface area (Å²) in [6.45, 7) is 1.43. The van der Waals surface area contributed by atoms with Crippen molar-refractivity contribution in [2.24, 2.45) is 5.16 Å². The second kappa shape index (κ2) is 9.09. The Kier molecular flexibility index (Phi) is 6.51. The number of amides is 3. The molecule has 2 aromatic rings. The Morgan fingerprint density at radius 1 is 1.08 bits per heavy atom. The lowest BCUT2D eigenvalue weighted by Gasteiger charge is -2.30. The van der Waals surface area contributed by atoms with E-state index in [-0.39, 0.29) is 35.0 Å². The van der Waals surface area contributed by atoms with Gasteiger partial charge in [-0.3, -0.25) is 19.7 Å². The zero-order valence-electron chi connectivity index (χ0n) is 19.4. The van der Waals surface area contributed by atoms with E-state index in [1.165, 1.54) is 25.1 Å². The summed E-state index contributed by atoms with van der Waals surface area (Å²) >= 11 is 5.87. The molecule has 2 aromatic carbocycles. The lowest BCUT2D eigenvalue weighted by atomic mass is 9.85. The van der Waals surface area contributed by atoms with Crippen molar-refractivity contribution in [1.29, 1.82) is 0 Å². The monoisotopic (exact) mass is 543 g/mol. The number of oxime groups is 1. The van der Waals surface area contributed by atoms with Crippen LogP contribution in [0.15, 0.2) is 41.6 Å². The molecule has 37 heavy (non-hydrogen) atoms. The van der Waals surface area contributed by atoms with Crippen LogP contribution in [0.2, 0.25) is 5.02 Å². The molecule has 4 rings (SSSR count). The van der Waals surface area contributed by atoms with E-state index in [1.54, 1.807) is 0 Å². The zero-order chi connectivity index (χ0) is 27.3. The van der Waals surface area contributed by atoms with Gasteiger partial charge >= 0.3 is 6.18 Å². The molecule has 1 saturated heterocycles. The fourth-order valence-corrected chi connectivity index (χ4v) is 4.40. The molecule has 2 aliphatic rings. The van der Waals surface area contributed by atoms with Gasteiger partial charge in [0.25, 0.3) is 17.4 Å². The summed E-state index contributed by atoms with van der Waals surface area (Å²) in [5.74, 6) is -5.32. The third-order valence-corrected chi connectivity index (χ3v) is 6.30. The van der Waals surface area contributed by atoms with Gasteiger partial charge in [-0.1, -0.05) is 22.8 Å². The topological polar surface area (TPSA) is 88.1 Å². The molecule has 0 bridgehead atoms. The summed E-state index contributed by atoms with van der Waals surface area (Å²) in [4.78, 5) is 42.0. The lowest BCUT2D eigenvalue weighted by molar-refractivity contribution is -0.275. The first kappa shape index (κ1) is 26.5. The Morgan fingerprint density at radius 3 is 2.30 bits per heavy atom. The van der Waals surface area contributed by atoms with Gasteiger partial charge in [-0.05, 0) is 48.4 Å². The molecule has 1 unspecified atom stereocenters. The standard InChI is InChI=1S/C24H19ClF5N3O4/c1-12-5-13(3-4-17(12)21(36)33-10-19(34)31-20(35)11-33)18-9-23(37-32-18,24(28,29)30)15-6-14(22(2,26)27)7-16(25)8-15/h3-8H,9-11H2,1-2H3,(H,31,34,35). The van der Waals surface area contributed by atoms with Crippen LogP contribution in [0.25, 0.3) is 0 Å². The van der Waals surface area contributed by atoms with E-state index in [0.29, 0.717) is 18.6 Å². The quantitative estimate of drug-likeness (QED) is 0.456. The number of imide groups is 1. The van der Waals surface area contributed by atoms with Gasteiger partial charge < -0.3 is 9.74 Å². The van der Waals surface area contributed by atoms with Crippen LogP contribution in [0.1, 0.15) is 46.0 Å². The predicted molar refractivity (Wildman–Crippen MR) is 121 cm³/mol. The Morgan fingerprint density at radius 2 is 1.73 bits per heavy atom. The SMILES string of the molecule is Cc1cc(C2=NOC(c3cc(Cl)cc(C(C)(F)F)c3)(C(F)(F)F)C2)ccc1C(=O)N1CC(=O)NC(=O)C1. The van der Waals surface area contributed by atoms with Crippen LogP contribution >= 0.6 is 11.6 Å². The molecule has 0 aliphatic carbocycles. The highest BCUT2D eigenvalue weighted by Gasteiger charge is 2.62. The van der Waals surface area contributed by atoms with E-state index in [1.807, 2.05) is 0 Å². The molecule has 0 saturated carbocycles. The summed E-state index contributed by atoms with van der Waals surface area (Å²) in [7, 11) is 0. The lowest BCUT2D eigenvalue weighted by Crippen LogP contribution is -2.53. The molecule has 196 valence electrons. The molecule has 1 fully saturated rings. The number of hydrogen-bond donors (Lipinski definition) is 1. The number of hydrogen-bond acceptors (Lipinski definition) is 5. The largest absolute Gasteiger partial charge is 0.435 e. The van der Waals surface area contributed by atoms with E-state index in [2.05, 4.69) is 10.5 Å². The number of rotatable bonds is 4. The van der Waals surface area contributed by atoms with E-state index >= 15 is 0 Å². The molecule has 2 aliphatic heterocycles. The molecule has 0 aromatic heterocycles. The highest BCUT2D eigenvalue weighted by molar-refractivity contribution is 6.30. The third-order valence-electron chi connectivity index (χ3n) is 6.08. The summed E-state index contributed by atoms with van der Waals surface area (Å²) < 4.78 is 70.8. The number of piperazine rings is 1. The average Bonchev–Trinajstić information content (AvgIpc) is 3.24. The molecule has 13 heteroatoms. The minimum Gasteiger partial charge on any atom is -0.374 e. The molecule has 2 heterocycles.